The van der Waals surface area contributed by atoms with E-state index in [1.165, 1.54) is 5.69 Å². The van der Waals surface area contributed by atoms with Crippen molar-refractivity contribution in [2.45, 2.75) is 6.04 Å². The Morgan fingerprint density at radius 3 is 3.29 bits per heavy atom. The molecule has 14 heavy (non-hydrogen) atoms. The van der Waals surface area contributed by atoms with E-state index in [4.69, 9.17) is 0 Å². The lowest BCUT2D eigenvalue weighted by atomic mass is 10.1. The molecule has 0 amide bonds. The molecule has 2 heterocycles. The number of fused-ring (bicyclic) bond motifs is 3. The summed E-state index contributed by atoms with van der Waals surface area (Å²) in [7, 11) is 0. The van der Waals surface area contributed by atoms with Crippen molar-refractivity contribution in [1.82, 2.24) is 5.32 Å². The third kappa shape index (κ3) is 1.13. The van der Waals surface area contributed by atoms with E-state index in [0.717, 1.165) is 25.3 Å². The predicted molar refractivity (Wildman–Crippen MR) is 58.6 cm³/mol. The molecular weight excluding hydrogens is 174 g/mol. The Hall–Kier alpha value is -1.35. The first-order valence-corrected chi connectivity index (χ1v) is 5.06. The van der Waals surface area contributed by atoms with Crippen LogP contribution in [0.15, 0.2) is 29.3 Å². The van der Waals surface area contributed by atoms with Crippen LogP contribution >= 0.6 is 0 Å². The molecule has 0 spiro atoms. The molecule has 3 rings (SSSR count). The summed E-state index contributed by atoms with van der Waals surface area (Å²) < 4.78 is 0. The van der Waals surface area contributed by atoms with Gasteiger partial charge in [0.15, 0.2) is 0 Å². The zero-order valence-electron chi connectivity index (χ0n) is 7.98. The fourth-order valence-electron chi connectivity index (χ4n) is 2.14. The molecule has 0 aromatic heterocycles. The Labute approximate surface area is 83.4 Å². The van der Waals surface area contributed by atoms with Crippen LogP contribution in [0.5, 0.6) is 0 Å². The maximum atomic E-state index is 4.47. The van der Waals surface area contributed by atoms with Gasteiger partial charge in [-0.3, -0.25) is 4.99 Å². The topological polar surface area (TPSA) is 27.6 Å². The summed E-state index contributed by atoms with van der Waals surface area (Å²) in [5.74, 6) is 0. The zero-order valence-corrected chi connectivity index (χ0v) is 7.98. The summed E-state index contributed by atoms with van der Waals surface area (Å²) in [4.78, 5) is 6.90. The van der Waals surface area contributed by atoms with E-state index in [9.17, 15) is 0 Å². The summed E-state index contributed by atoms with van der Waals surface area (Å²) in [5.41, 5.74) is 2.38. The largest absolute Gasteiger partial charge is 0.359 e. The number of rotatable bonds is 0. The number of nitrogens with zero attached hydrogens (tertiary/aromatic N) is 2. The van der Waals surface area contributed by atoms with Crippen molar-refractivity contribution in [1.29, 1.82) is 0 Å². The van der Waals surface area contributed by atoms with Crippen LogP contribution in [-0.2, 0) is 0 Å². The third-order valence-electron chi connectivity index (χ3n) is 2.86. The van der Waals surface area contributed by atoms with Gasteiger partial charge >= 0.3 is 0 Å². The van der Waals surface area contributed by atoms with E-state index in [1.807, 2.05) is 6.07 Å². The Bertz CT molecular complexity index is 373. The number of anilines is 1. The SMILES string of the molecule is C1=Nc2ccccc2N2CCNCC12. The highest BCUT2D eigenvalue weighted by atomic mass is 15.2. The lowest BCUT2D eigenvalue weighted by Crippen LogP contribution is -2.53. The Morgan fingerprint density at radius 2 is 2.29 bits per heavy atom. The van der Waals surface area contributed by atoms with Crippen LogP contribution in [0.2, 0.25) is 0 Å². The lowest BCUT2D eigenvalue weighted by molar-refractivity contribution is 0.547. The molecule has 1 aromatic carbocycles. The van der Waals surface area contributed by atoms with E-state index in [-0.39, 0.29) is 0 Å². The van der Waals surface area contributed by atoms with E-state index in [0.29, 0.717) is 6.04 Å². The number of benzene rings is 1. The van der Waals surface area contributed by atoms with Crippen molar-refractivity contribution < 1.29 is 0 Å². The van der Waals surface area contributed by atoms with Crippen molar-refractivity contribution in [3.8, 4) is 0 Å². The second-order valence-electron chi connectivity index (χ2n) is 3.73. The van der Waals surface area contributed by atoms with Crippen LogP contribution in [-0.4, -0.2) is 31.9 Å². The Balaban J connectivity index is 2.05. The van der Waals surface area contributed by atoms with Crippen LogP contribution in [0.25, 0.3) is 0 Å². The number of hydrogen-bond donors (Lipinski definition) is 1. The quantitative estimate of drug-likeness (QED) is 0.660. The van der Waals surface area contributed by atoms with E-state index >= 15 is 0 Å². The first-order valence-electron chi connectivity index (χ1n) is 5.06. The normalized spacial score (nSPS) is 24.3. The standard InChI is InChI=1S/C11H13N3/c1-2-4-11-10(3-1)13-8-9-7-12-5-6-14(9)11/h1-4,8-9,12H,5-7H2. The average Bonchev–Trinajstić information content (AvgIpc) is 2.29. The van der Waals surface area contributed by atoms with Gasteiger partial charge in [0.2, 0.25) is 0 Å². The number of para-hydroxylation sites is 2. The van der Waals surface area contributed by atoms with Crippen molar-refractivity contribution in [2.75, 3.05) is 24.5 Å². The molecule has 1 atom stereocenters. The first-order chi connectivity index (χ1) is 6.95. The van der Waals surface area contributed by atoms with Gasteiger partial charge in [-0.05, 0) is 12.1 Å². The molecule has 2 aliphatic rings. The first kappa shape index (κ1) is 8.00. The summed E-state index contributed by atoms with van der Waals surface area (Å²) in [6, 6.07) is 8.80. The van der Waals surface area contributed by atoms with Crippen molar-refractivity contribution >= 4 is 17.6 Å². The molecule has 0 saturated carbocycles. The third-order valence-corrected chi connectivity index (χ3v) is 2.86. The van der Waals surface area contributed by atoms with Crippen LogP contribution in [0.1, 0.15) is 0 Å². The number of nitrogens with one attached hydrogen (secondary N) is 1. The molecule has 1 N–H and O–H groups in total. The lowest BCUT2D eigenvalue weighted by Gasteiger charge is -2.38. The second kappa shape index (κ2) is 3.10. The van der Waals surface area contributed by atoms with Gasteiger partial charge in [0, 0.05) is 25.8 Å². The Morgan fingerprint density at radius 1 is 1.36 bits per heavy atom. The van der Waals surface area contributed by atoms with E-state index in [2.05, 4.69) is 39.6 Å². The van der Waals surface area contributed by atoms with Gasteiger partial charge in [-0.25, -0.2) is 0 Å². The fourth-order valence-corrected chi connectivity index (χ4v) is 2.14. The zero-order chi connectivity index (χ0) is 9.38. The maximum Gasteiger partial charge on any atom is 0.0860 e. The second-order valence-corrected chi connectivity index (χ2v) is 3.73. The van der Waals surface area contributed by atoms with Crippen LogP contribution in [0, 0.1) is 0 Å². The summed E-state index contributed by atoms with van der Waals surface area (Å²) in [6.45, 7) is 3.16. The maximum absolute atomic E-state index is 4.47. The van der Waals surface area contributed by atoms with Gasteiger partial charge in [-0.2, -0.15) is 0 Å². The molecule has 0 aliphatic carbocycles. The molecule has 1 fully saturated rings. The van der Waals surface area contributed by atoms with Crippen molar-refractivity contribution in [3.05, 3.63) is 24.3 Å². The van der Waals surface area contributed by atoms with Gasteiger partial charge in [-0.1, -0.05) is 12.1 Å². The van der Waals surface area contributed by atoms with Crippen molar-refractivity contribution in [3.63, 3.8) is 0 Å². The number of piperazine rings is 1. The average molecular weight is 187 g/mol. The molecular formula is C11H13N3. The van der Waals surface area contributed by atoms with E-state index in [1.54, 1.807) is 0 Å². The molecule has 1 unspecified atom stereocenters. The highest BCUT2D eigenvalue weighted by Crippen LogP contribution is 2.32. The predicted octanol–water partition coefficient (Wildman–Crippen LogP) is 1.18. The molecule has 2 aliphatic heterocycles. The van der Waals surface area contributed by atoms with Gasteiger partial charge in [0.25, 0.3) is 0 Å². The van der Waals surface area contributed by atoms with Crippen molar-refractivity contribution in [2.24, 2.45) is 4.99 Å². The summed E-state index contributed by atoms with van der Waals surface area (Å²) in [6.07, 6.45) is 2.05. The fraction of sp³-hybridized carbons (Fsp3) is 0.364. The monoisotopic (exact) mass is 187 g/mol. The minimum Gasteiger partial charge on any atom is -0.359 e. The van der Waals surface area contributed by atoms with Gasteiger partial charge in [-0.15, -0.1) is 0 Å². The smallest absolute Gasteiger partial charge is 0.0860 e. The number of aliphatic imine (C=N–C) groups is 1. The molecule has 1 saturated heterocycles. The number of hydrogen-bond acceptors (Lipinski definition) is 3. The van der Waals surface area contributed by atoms with Gasteiger partial charge < -0.3 is 10.2 Å². The van der Waals surface area contributed by atoms with Gasteiger partial charge in [0.1, 0.15) is 0 Å². The highest BCUT2D eigenvalue weighted by molar-refractivity contribution is 5.84. The Kier molecular flexibility index (Phi) is 1.77. The minimum absolute atomic E-state index is 0.443. The van der Waals surface area contributed by atoms with E-state index < -0.39 is 0 Å². The molecule has 72 valence electrons. The minimum atomic E-state index is 0.443. The van der Waals surface area contributed by atoms with Crippen LogP contribution in [0.4, 0.5) is 11.4 Å². The summed E-state index contributed by atoms with van der Waals surface area (Å²) in [5, 5.41) is 3.38. The molecule has 1 aromatic rings. The molecule has 0 bridgehead atoms. The van der Waals surface area contributed by atoms with Gasteiger partial charge in [0.05, 0.1) is 17.4 Å². The molecule has 3 nitrogen and oxygen atoms in total. The van der Waals surface area contributed by atoms with Crippen LogP contribution < -0.4 is 10.2 Å². The van der Waals surface area contributed by atoms with Crippen LogP contribution in [0.3, 0.4) is 0 Å². The molecule has 0 radical (unpaired) electrons. The molecule has 3 heteroatoms. The summed E-state index contributed by atoms with van der Waals surface area (Å²) >= 11 is 0. The highest BCUT2D eigenvalue weighted by Gasteiger charge is 2.25.